The van der Waals surface area contributed by atoms with Gasteiger partial charge in [-0.1, -0.05) is 12.2 Å². The molecule has 0 spiro atoms. The van der Waals surface area contributed by atoms with Crippen LogP contribution in [0.25, 0.3) is 0 Å². The fourth-order valence-corrected chi connectivity index (χ4v) is 3.25. The molecule has 18 heavy (non-hydrogen) atoms. The van der Waals surface area contributed by atoms with E-state index in [9.17, 15) is 10.5 Å². The number of hydrogen-bond acceptors (Lipinski definition) is 4. The summed E-state index contributed by atoms with van der Waals surface area (Å²) in [6, 6.07) is 4.53. The molecule has 1 saturated carbocycles. The van der Waals surface area contributed by atoms with E-state index in [0.717, 1.165) is 12.8 Å². The summed E-state index contributed by atoms with van der Waals surface area (Å²) in [5, 5.41) is 18.8. The SMILES string of the molecule is CCO[C@]12C=C[C@](OCC)(CC1)[C@H](C#N)[C@@H]2C#N. The summed E-state index contributed by atoms with van der Waals surface area (Å²) in [5.41, 5.74) is -1.19. The number of nitriles is 2. The Hall–Kier alpha value is -1.36. The van der Waals surface area contributed by atoms with Crippen molar-refractivity contribution in [3.8, 4) is 12.1 Å². The van der Waals surface area contributed by atoms with Gasteiger partial charge in [-0.2, -0.15) is 10.5 Å². The Balaban J connectivity index is 2.44. The van der Waals surface area contributed by atoms with E-state index in [1.807, 2.05) is 26.0 Å². The molecule has 0 aromatic carbocycles. The van der Waals surface area contributed by atoms with Crippen molar-refractivity contribution in [3.63, 3.8) is 0 Å². The summed E-state index contributed by atoms with van der Waals surface area (Å²) < 4.78 is 11.6. The molecule has 4 heteroatoms. The van der Waals surface area contributed by atoms with Crippen molar-refractivity contribution in [2.75, 3.05) is 13.2 Å². The zero-order chi connectivity index (χ0) is 13.2. The second-order valence-electron chi connectivity index (χ2n) is 4.82. The molecular weight excluding hydrogens is 228 g/mol. The Bertz CT molecular complexity index is 394. The molecule has 0 N–H and O–H groups in total. The average Bonchev–Trinajstić information content (AvgIpc) is 2.39. The predicted octanol–water partition coefficient (Wildman–Crippen LogP) is 2.18. The third kappa shape index (κ3) is 1.65. The van der Waals surface area contributed by atoms with Gasteiger partial charge >= 0.3 is 0 Å². The number of ether oxygens (including phenoxy) is 2. The summed E-state index contributed by atoms with van der Waals surface area (Å²) >= 11 is 0. The minimum Gasteiger partial charge on any atom is -0.370 e. The topological polar surface area (TPSA) is 66.0 Å². The quantitative estimate of drug-likeness (QED) is 0.713. The highest BCUT2D eigenvalue weighted by molar-refractivity contribution is 5.33. The van der Waals surface area contributed by atoms with Gasteiger partial charge in [0.05, 0.1) is 24.0 Å². The highest BCUT2D eigenvalue weighted by Gasteiger charge is 2.59. The molecule has 0 radical (unpaired) electrons. The van der Waals surface area contributed by atoms with Crippen LogP contribution in [-0.2, 0) is 9.47 Å². The molecule has 0 unspecified atom stereocenters. The lowest BCUT2D eigenvalue weighted by molar-refractivity contribution is -0.151. The lowest BCUT2D eigenvalue weighted by Gasteiger charge is -2.53. The van der Waals surface area contributed by atoms with Gasteiger partial charge in [0.25, 0.3) is 0 Å². The molecule has 3 aliphatic rings. The maximum Gasteiger partial charge on any atom is 0.104 e. The first-order valence-electron chi connectivity index (χ1n) is 6.45. The summed E-state index contributed by atoms with van der Waals surface area (Å²) in [7, 11) is 0. The Morgan fingerprint density at radius 2 is 1.39 bits per heavy atom. The number of nitrogens with zero attached hydrogens (tertiary/aromatic N) is 2. The van der Waals surface area contributed by atoms with Crippen LogP contribution in [0.4, 0.5) is 0 Å². The van der Waals surface area contributed by atoms with Gasteiger partial charge in [0.15, 0.2) is 0 Å². The summed E-state index contributed by atoms with van der Waals surface area (Å²) in [6.45, 7) is 4.92. The normalized spacial score (nSPS) is 41.3. The van der Waals surface area contributed by atoms with Gasteiger partial charge in [0.1, 0.15) is 11.2 Å². The van der Waals surface area contributed by atoms with E-state index in [-0.39, 0.29) is 0 Å². The van der Waals surface area contributed by atoms with Crippen molar-refractivity contribution >= 4 is 0 Å². The van der Waals surface area contributed by atoms with Crippen LogP contribution >= 0.6 is 0 Å². The van der Waals surface area contributed by atoms with Gasteiger partial charge < -0.3 is 9.47 Å². The van der Waals surface area contributed by atoms with Crippen molar-refractivity contribution in [2.45, 2.75) is 37.9 Å². The van der Waals surface area contributed by atoms with Gasteiger partial charge in [-0.05, 0) is 26.7 Å². The highest BCUT2D eigenvalue weighted by Crippen LogP contribution is 2.52. The Labute approximate surface area is 108 Å². The lowest BCUT2D eigenvalue weighted by Crippen LogP contribution is -2.60. The first-order chi connectivity index (χ1) is 8.68. The number of rotatable bonds is 4. The fourth-order valence-electron chi connectivity index (χ4n) is 3.25. The van der Waals surface area contributed by atoms with E-state index in [0.29, 0.717) is 13.2 Å². The maximum absolute atomic E-state index is 9.42. The monoisotopic (exact) mass is 246 g/mol. The maximum atomic E-state index is 9.42. The molecule has 0 aromatic rings. The Morgan fingerprint density at radius 3 is 1.61 bits per heavy atom. The van der Waals surface area contributed by atoms with E-state index in [1.165, 1.54) is 0 Å². The minimum atomic E-state index is -0.594. The van der Waals surface area contributed by atoms with Crippen molar-refractivity contribution in [1.82, 2.24) is 0 Å². The van der Waals surface area contributed by atoms with Gasteiger partial charge in [0.2, 0.25) is 0 Å². The number of fused-ring (bicyclic) bond motifs is 2. The van der Waals surface area contributed by atoms with E-state index >= 15 is 0 Å². The van der Waals surface area contributed by atoms with Gasteiger partial charge in [-0.3, -0.25) is 0 Å². The largest absolute Gasteiger partial charge is 0.370 e. The van der Waals surface area contributed by atoms with Crippen molar-refractivity contribution in [1.29, 1.82) is 10.5 Å². The summed E-state index contributed by atoms with van der Waals surface area (Å²) in [6.07, 6.45) is 5.37. The van der Waals surface area contributed by atoms with Crippen LogP contribution in [-0.4, -0.2) is 24.4 Å². The van der Waals surface area contributed by atoms with Crippen LogP contribution in [0.1, 0.15) is 26.7 Å². The first-order valence-corrected chi connectivity index (χ1v) is 6.45. The zero-order valence-electron chi connectivity index (χ0n) is 10.8. The molecule has 4 atom stereocenters. The molecular formula is C14H18N2O2. The van der Waals surface area contributed by atoms with Crippen LogP contribution in [0.2, 0.25) is 0 Å². The predicted molar refractivity (Wildman–Crippen MR) is 65.3 cm³/mol. The second kappa shape index (κ2) is 4.72. The first kappa shape index (κ1) is 13.1. The van der Waals surface area contributed by atoms with Crippen LogP contribution in [0.3, 0.4) is 0 Å². The molecule has 0 saturated heterocycles. The Morgan fingerprint density at radius 1 is 1.00 bits per heavy atom. The lowest BCUT2D eigenvalue weighted by atomic mass is 9.58. The van der Waals surface area contributed by atoms with Crippen molar-refractivity contribution in [2.24, 2.45) is 11.8 Å². The molecule has 0 aromatic heterocycles. The standard InChI is InChI=1S/C14H18N2O2/c1-3-17-13-5-7-14(8-6-13,18-4-2)12(10-16)11(13)9-15/h5,7,11-12H,3-4,6,8H2,1-2H3/t11-,12+,13+,14-. The van der Waals surface area contributed by atoms with Crippen LogP contribution in [0.15, 0.2) is 12.2 Å². The van der Waals surface area contributed by atoms with Gasteiger partial charge in [-0.15, -0.1) is 0 Å². The number of hydrogen-bond donors (Lipinski definition) is 0. The Kier molecular flexibility index (Phi) is 3.43. The van der Waals surface area contributed by atoms with Crippen LogP contribution < -0.4 is 0 Å². The van der Waals surface area contributed by atoms with E-state index in [4.69, 9.17) is 9.47 Å². The molecule has 96 valence electrons. The third-order valence-corrected chi connectivity index (χ3v) is 4.04. The summed E-state index contributed by atoms with van der Waals surface area (Å²) in [4.78, 5) is 0. The van der Waals surface area contributed by atoms with Crippen LogP contribution in [0.5, 0.6) is 0 Å². The van der Waals surface area contributed by atoms with E-state index in [2.05, 4.69) is 12.1 Å². The molecule has 0 aliphatic heterocycles. The van der Waals surface area contributed by atoms with E-state index < -0.39 is 23.0 Å². The molecule has 3 rings (SSSR count). The molecule has 4 nitrogen and oxygen atoms in total. The summed E-state index contributed by atoms with van der Waals surface area (Å²) in [5.74, 6) is -0.902. The minimum absolute atomic E-state index is 0.451. The van der Waals surface area contributed by atoms with Crippen molar-refractivity contribution < 1.29 is 9.47 Å². The van der Waals surface area contributed by atoms with E-state index in [1.54, 1.807) is 0 Å². The molecule has 3 aliphatic carbocycles. The highest BCUT2D eigenvalue weighted by atomic mass is 16.5. The van der Waals surface area contributed by atoms with Gasteiger partial charge in [-0.25, -0.2) is 0 Å². The fraction of sp³-hybridized carbons (Fsp3) is 0.714. The molecule has 0 heterocycles. The molecule has 2 bridgehead atoms. The van der Waals surface area contributed by atoms with Crippen LogP contribution in [0, 0.1) is 34.5 Å². The average molecular weight is 246 g/mol. The van der Waals surface area contributed by atoms with Crippen molar-refractivity contribution in [3.05, 3.63) is 12.2 Å². The van der Waals surface area contributed by atoms with Gasteiger partial charge in [0, 0.05) is 13.2 Å². The molecule has 0 amide bonds. The zero-order valence-corrected chi connectivity index (χ0v) is 10.8. The third-order valence-electron chi connectivity index (χ3n) is 4.04. The smallest absolute Gasteiger partial charge is 0.104 e. The molecule has 1 fully saturated rings. The second-order valence-corrected chi connectivity index (χ2v) is 4.82.